The zero-order valence-electron chi connectivity index (χ0n) is 13.5. The maximum atomic E-state index is 13.9. The first kappa shape index (κ1) is 15.0. The Morgan fingerprint density at radius 1 is 1.25 bits per heavy atom. The summed E-state index contributed by atoms with van der Waals surface area (Å²) in [5.41, 5.74) is 1.10. The summed E-state index contributed by atoms with van der Waals surface area (Å²) < 4.78 is 19.6. The molecule has 2 aromatic rings. The molecule has 5 heteroatoms. The molecule has 122 valence electrons. The second-order valence-electron chi connectivity index (χ2n) is 6.15. The third-order valence-electron chi connectivity index (χ3n) is 4.84. The van der Waals surface area contributed by atoms with Gasteiger partial charge in [0.15, 0.2) is 5.60 Å². The van der Waals surface area contributed by atoms with E-state index in [0.717, 1.165) is 5.69 Å². The van der Waals surface area contributed by atoms with Crippen LogP contribution in [0.15, 0.2) is 47.5 Å². The number of benzene rings is 2. The number of rotatable bonds is 2. The largest absolute Gasteiger partial charge is 0.362 e. The van der Waals surface area contributed by atoms with Crippen LogP contribution in [0.3, 0.4) is 0 Å². The molecule has 0 aliphatic carbocycles. The van der Waals surface area contributed by atoms with Crippen LogP contribution < -0.4 is 4.90 Å². The smallest absolute Gasteiger partial charge is 0.204 e. The van der Waals surface area contributed by atoms with Gasteiger partial charge in [0.05, 0.1) is 5.69 Å². The van der Waals surface area contributed by atoms with Gasteiger partial charge in [0.2, 0.25) is 5.78 Å². The zero-order valence-corrected chi connectivity index (χ0v) is 13.5. The number of Topliss-reactive ketones (excluding diaryl/α,β-unsaturated/α-hetero) is 1. The van der Waals surface area contributed by atoms with E-state index in [-0.39, 0.29) is 5.78 Å². The van der Waals surface area contributed by atoms with E-state index in [1.165, 1.54) is 13.2 Å². The van der Waals surface area contributed by atoms with E-state index in [1.807, 2.05) is 35.2 Å². The highest BCUT2D eigenvalue weighted by molar-refractivity contribution is 6.28. The number of para-hydroxylation sites is 1. The van der Waals surface area contributed by atoms with Crippen LogP contribution >= 0.6 is 0 Å². The molecule has 2 aliphatic rings. The van der Waals surface area contributed by atoms with E-state index in [2.05, 4.69) is 0 Å². The second kappa shape index (κ2) is 5.24. The van der Waals surface area contributed by atoms with E-state index in [9.17, 15) is 9.18 Å². The first-order valence-corrected chi connectivity index (χ1v) is 7.89. The van der Waals surface area contributed by atoms with Crippen molar-refractivity contribution in [2.75, 3.05) is 18.6 Å². The molecule has 0 spiro atoms. The van der Waals surface area contributed by atoms with Crippen LogP contribution in [-0.2, 0) is 4.74 Å². The van der Waals surface area contributed by atoms with Gasteiger partial charge in [-0.05, 0) is 36.8 Å². The first-order valence-electron chi connectivity index (χ1n) is 7.89. The van der Waals surface area contributed by atoms with Crippen LogP contribution in [-0.4, -0.2) is 30.9 Å². The molecule has 4 rings (SSSR count). The Morgan fingerprint density at radius 2 is 2.00 bits per heavy atom. The number of aliphatic imine (C=N–C) groups is 1. The lowest BCUT2D eigenvalue weighted by Crippen LogP contribution is -2.50. The van der Waals surface area contributed by atoms with Crippen LogP contribution in [0.4, 0.5) is 15.8 Å². The number of aryl methyl sites for hydroxylation is 1. The molecule has 0 saturated carbocycles. The Labute approximate surface area is 139 Å². The van der Waals surface area contributed by atoms with Crippen molar-refractivity contribution in [1.29, 1.82) is 0 Å². The molecule has 4 nitrogen and oxygen atoms in total. The van der Waals surface area contributed by atoms with E-state index in [0.29, 0.717) is 35.6 Å². The number of anilines is 1. The number of amidine groups is 1. The lowest BCUT2D eigenvalue weighted by molar-refractivity contribution is 0.0388. The van der Waals surface area contributed by atoms with Crippen LogP contribution in [0.5, 0.6) is 0 Å². The van der Waals surface area contributed by atoms with Crippen molar-refractivity contribution in [3.05, 3.63) is 59.4 Å². The van der Waals surface area contributed by atoms with Crippen molar-refractivity contribution in [3.8, 4) is 0 Å². The van der Waals surface area contributed by atoms with E-state index < -0.39 is 11.4 Å². The lowest BCUT2D eigenvalue weighted by atomic mass is 9.86. The molecule has 24 heavy (non-hydrogen) atoms. The molecule has 0 unspecified atom stereocenters. The summed E-state index contributed by atoms with van der Waals surface area (Å²) in [6.07, 6.45) is 0.491. The highest BCUT2D eigenvalue weighted by Gasteiger charge is 2.54. The van der Waals surface area contributed by atoms with Crippen molar-refractivity contribution >= 4 is 23.0 Å². The quantitative estimate of drug-likeness (QED) is 0.847. The van der Waals surface area contributed by atoms with Crippen LogP contribution in [0.1, 0.15) is 22.3 Å². The number of ketones is 1. The second-order valence-corrected chi connectivity index (χ2v) is 6.15. The predicted octanol–water partition coefficient (Wildman–Crippen LogP) is 3.66. The van der Waals surface area contributed by atoms with Crippen molar-refractivity contribution in [2.24, 2.45) is 4.99 Å². The third-order valence-corrected chi connectivity index (χ3v) is 4.84. The summed E-state index contributed by atoms with van der Waals surface area (Å²) in [4.78, 5) is 19.8. The van der Waals surface area contributed by atoms with Crippen molar-refractivity contribution in [2.45, 2.75) is 18.9 Å². The standard InChI is InChI=1S/C19H17FN2O2/c1-12-10-16-14(11-15(12)20)17(23)19(24-2)8-9-22(18(19)21-16)13-6-4-3-5-7-13/h3-7,10-11H,8-9H2,1-2H3/t19-/m1/s1. The Hall–Kier alpha value is -2.53. The lowest BCUT2D eigenvalue weighted by Gasteiger charge is -2.32. The summed E-state index contributed by atoms with van der Waals surface area (Å²) in [6, 6.07) is 12.7. The van der Waals surface area contributed by atoms with Crippen molar-refractivity contribution in [1.82, 2.24) is 0 Å². The van der Waals surface area contributed by atoms with Crippen LogP contribution in [0, 0.1) is 12.7 Å². The van der Waals surface area contributed by atoms with E-state index in [4.69, 9.17) is 9.73 Å². The Morgan fingerprint density at radius 3 is 2.71 bits per heavy atom. The number of methoxy groups -OCH3 is 1. The molecule has 0 radical (unpaired) electrons. The molecule has 0 amide bonds. The number of carbonyl (C=O) groups excluding carboxylic acids is 1. The average molecular weight is 324 g/mol. The van der Waals surface area contributed by atoms with Gasteiger partial charge in [-0.1, -0.05) is 18.2 Å². The van der Waals surface area contributed by atoms with E-state index >= 15 is 0 Å². The Balaban J connectivity index is 1.92. The fraction of sp³-hybridized carbons (Fsp3) is 0.263. The molecule has 0 bridgehead atoms. The normalized spacial score (nSPS) is 22.2. The molecular formula is C19H17FN2O2. The van der Waals surface area contributed by atoms with Gasteiger partial charge in [-0.3, -0.25) is 4.79 Å². The van der Waals surface area contributed by atoms with Gasteiger partial charge in [-0.25, -0.2) is 9.38 Å². The maximum absolute atomic E-state index is 13.9. The monoisotopic (exact) mass is 324 g/mol. The molecule has 0 aromatic heterocycles. The van der Waals surface area contributed by atoms with Gasteiger partial charge in [-0.2, -0.15) is 0 Å². The van der Waals surface area contributed by atoms with E-state index in [1.54, 1.807) is 13.0 Å². The zero-order chi connectivity index (χ0) is 16.9. The van der Waals surface area contributed by atoms with Gasteiger partial charge in [0.1, 0.15) is 11.7 Å². The Kier molecular flexibility index (Phi) is 3.28. The highest BCUT2D eigenvalue weighted by atomic mass is 19.1. The summed E-state index contributed by atoms with van der Waals surface area (Å²) in [6.45, 7) is 2.29. The van der Waals surface area contributed by atoms with Gasteiger partial charge in [0, 0.05) is 31.3 Å². The van der Waals surface area contributed by atoms with Gasteiger partial charge in [0.25, 0.3) is 0 Å². The third kappa shape index (κ3) is 1.94. The first-order chi connectivity index (χ1) is 11.6. The fourth-order valence-corrected chi connectivity index (χ4v) is 3.49. The highest BCUT2D eigenvalue weighted by Crippen LogP contribution is 2.41. The molecule has 2 aromatic carbocycles. The maximum Gasteiger partial charge on any atom is 0.204 e. The summed E-state index contributed by atoms with van der Waals surface area (Å²) in [7, 11) is 1.51. The minimum atomic E-state index is -1.13. The molecule has 2 heterocycles. The van der Waals surface area contributed by atoms with Crippen LogP contribution in [0.2, 0.25) is 0 Å². The topological polar surface area (TPSA) is 41.9 Å². The minimum Gasteiger partial charge on any atom is -0.362 e. The van der Waals surface area contributed by atoms with Crippen LogP contribution in [0.25, 0.3) is 0 Å². The number of halogens is 1. The van der Waals surface area contributed by atoms with Crippen molar-refractivity contribution < 1.29 is 13.9 Å². The van der Waals surface area contributed by atoms with Gasteiger partial charge in [-0.15, -0.1) is 0 Å². The number of hydrogen-bond donors (Lipinski definition) is 0. The van der Waals surface area contributed by atoms with Crippen molar-refractivity contribution in [3.63, 3.8) is 0 Å². The predicted molar refractivity (Wildman–Crippen MR) is 90.7 cm³/mol. The molecule has 1 atom stereocenters. The summed E-state index contributed by atoms with van der Waals surface area (Å²) >= 11 is 0. The number of carbonyl (C=O) groups is 1. The molecule has 1 fully saturated rings. The molecule has 0 N–H and O–H groups in total. The number of ether oxygens (including phenoxy) is 1. The molecule has 2 aliphatic heterocycles. The average Bonchev–Trinajstić information content (AvgIpc) is 2.98. The number of fused-ring (bicyclic) bond motifs is 2. The number of nitrogens with zero attached hydrogens (tertiary/aromatic N) is 2. The van der Waals surface area contributed by atoms with Gasteiger partial charge >= 0.3 is 0 Å². The fourth-order valence-electron chi connectivity index (χ4n) is 3.49. The number of hydrogen-bond acceptors (Lipinski definition) is 4. The van der Waals surface area contributed by atoms with Gasteiger partial charge < -0.3 is 9.64 Å². The Bertz CT molecular complexity index is 863. The summed E-state index contributed by atoms with van der Waals surface area (Å²) in [5.74, 6) is -0.0352. The SMILES string of the molecule is CO[C@@]12CCN(c3ccccc3)C1=Nc1cc(C)c(F)cc1C2=O. The minimum absolute atomic E-state index is 0.220. The summed E-state index contributed by atoms with van der Waals surface area (Å²) in [5, 5.41) is 0. The molecule has 1 saturated heterocycles. The molecular weight excluding hydrogens is 307 g/mol.